The number of benzene rings is 3. The van der Waals surface area contributed by atoms with E-state index in [4.69, 9.17) is 0 Å². The number of aromatic nitrogens is 2. The summed E-state index contributed by atoms with van der Waals surface area (Å²) in [5.74, 6) is 0.457. The molecule has 8 nitrogen and oxygen atoms in total. The highest BCUT2D eigenvalue weighted by Gasteiger charge is 2.24. The van der Waals surface area contributed by atoms with Crippen LogP contribution in [0.25, 0.3) is 10.8 Å². The molecule has 0 bridgehead atoms. The minimum absolute atomic E-state index is 0.169. The van der Waals surface area contributed by atoms with Gasteiger partial charge in [-0.2, -0.15) is 0 Å². The number of hydrogen-bond acceptors (Lipinski definition) is 5. The Kier molecular flexibility index (Phi) is 11.0. The number of imidazole rings is 1. The lowest BCUT2D eigenvalue weighted by atomic mass is 9.99. The summed E-state index contributed by atoms with van der Waals surface area (Å²) in [5, 5.41) is 11.8. The maximum Gasteiger partial charge on any atom is 0.251 e. The molecule has 1 heterocycles. The number of nitrogens with zero attached hydrogens (tertiary/aromatic N) is 2. The maximum atomic E-state index is 13.6. The van der Waals surface area contributed by atoms with Crippen molar-refractivity contribution < 1.29 is 9.59 Å². The Morgan fingerprint density at radius 1 is 0.927 bits per heavy atom. The van der Waals surface area contributed by atoms with Gasteiger partial charge in [-0.25, -0.2) is 4.98 Å². The summed E-state index contributed by atoms with van der Waals surface area (Å²) in [7, 11) is 0. The van der Waals surface area contributed by atoms with E-state index in [-0.39, 0.29) is 17.9 Å². The first-order valence-electron chi connectivity index (χ1n) is 14.6. The zero-order valence-corrected chi connectivity index (χ0v) is 24.3. The standard InChI is InChI=1S/C33H42N6O2/c1-4-39(5-2)21-9-14-30(33(41)37-24(3)28-13-8-11-26-10-6-7-12-29(26)28)38-32(40)27-17-15-25(16-18-27)22-34-23-31-35-19-20-36-31/h6-8,10-13,15-20,24,30,34H,4-5,9,14,21-23H2,1-3H3,(H,35,36)(H,37,41)(H,38,40)/t24-,30-/m0/s1. The largest absolute Gasteiger partial charge is 0.348 e. The van der Waals surface area contributed by atoms with Gasteiger partial charge in [0, 0.05) is 24.5 Å². The molecule has 0 aliphatic heterocycles. The molecule has 0 aliphatic rings. The molecular formula is C33H42N6O2. The Labute approximate surface area is 242 Å². The van der Waals surface area contributed by atoms with Gasteiger partial charge in [-0.15, -0.1) is 0 Å². The fraction of sp³-hybridized carbons (Fsp3) is 0.364. The average Bonchev–Trinajstić information content (AvgIpc) is 3.52. The monoisotopic (exact) mass is 554 g/mol. The van der Waals surface area contributed by atoms with Gasteiger partial charge < -0.3 is 25.8 Å². The van der Waals surface area contributed by atoms with Crippen molar-refractivity contribution in [3.63, 3.8) is 0 Å². The zero-order chi connectivity index (χ0) is 29.0. The van der Waals surface area contributed by atoms with Crippen LogP contribution < -0.4 is 16.0 Å². The van der Waals surface area contributed by atoms with E-state index in [1.54, 1.807) is 12.4 Å². The molecule has 3 aromatic carbocycles. The number of amides is 2. The van der Waals surface area contributed by atoms with E-state index in [1.165, 1.54) is 0 Å². The molecule has 4 aromatic rings. The van der Waals surface area contributed by atoms with Gasteiger partial charge in [0.1, 0.15) is 11.9 Å². The average molecular weight is 555 g/mol. The van der Waals surface area contributed by atoms with E-state index in [0.717, 1.165) is 53.8 Å². The lowest BCUT2D eigenvalue weighted by Crippen LogP contribution is -2.47. The third-order valence-corrected chi connectivity index (χ3v) is 7.52. The Balaban J connectivity index is 1.40. The third-order valence-electron chi connectivity index (χ3n) is 7.52. The van der Waals surface area contributed by atoms with Gasteiger partial charge in [0.25, 0.3) is 5.91 Å². The number of carbonyl (C=O) groups excluding carboxylic acids is 2. The van der Waals surface area contributed by atoms with Crippen molar-refractivity contribution in [2.45, 2.75) is 58.8 Å². The Morgan fingerprint density at radius 2 is 1.68 bits per heavy atom. The van der Waals surface area contributed by atoms with Gasteiger partial charge in [0.2, 0.25) is 5.91 Å². The lowest BCUT2D eigenvalue weighted by molar-refractivity contribution is -0.123. The quantitative estimate of drug-likeness (QED) is 0.167. The Bertz CT molecular complexity index is 1380. The lowest BCUT2D eigenvalue weighted by Gasteiger charge is -2.24. The van der Waals surface area contributed by atoms with Crippen molar-refractivity contribution >= 4 is 22.6 Å². The molecule has 2 atom stereocenters. The molecule has 0 radical (unpaired) electrons. The topological polar surface area (TPSA) is 102 Å². The molecule has 0 aliphatic carbocycles. The fourth-order valence-corrected chi connectivity index (χ4v) is 5.08. The fourth-order valence-electron chi connectivity index (χ4n) is 5.08. The number of hydrogen-bond donors (Lipinski definition) is 4. The van der Waals surface area contributed by atoms with Crippen LogP contribution >= 0.6 is 0 Å². The molecule has 2 amide bonds. The summed E-state index contributed by atoms with van der Waals surface area (Å²) in [4.78, 5) is 36.4. The van der Waals surface area contributed by atoms with E-state index in [0.29, 0.717) is 25.1 Å². The minimum atomic E-state index is -0.634. The molecule has 4 rings (SSSR count). The van der Waals surface area contributed by atoms with Crippen LogP contribution in [-0.4, -0.2) is 52.4 Å². The van der Waals surface area contributed by atoms with Gasteiger partial charge in [0.15, 0.2) is 0 Å². The van der Waals surface area contributed by atoms with Crippen LogP contribution in [0.2, 0.25) is 0 Å². The summed E-state index contributed by atoms with van der Waals surface area (Å²) in [6.45, 7) is 10.4. The molecule has 0 saturated heterocycles. The summed E-state index contributed by atoms with van der Waals surface area (Å²) in [6, 6.07) is 21.0. The number of nitrogens with one attached hydrogen (secondary N) is 4. The minimum Gasteiger partial charge on any atom is -0.348 e. The first-order valence-corrected chi connectivity index (χ1v) is 14.6. The van der Waals surface area contributed by atoms with Crippen LogP contribution in [-0.2, 0) is 17.9 Å². The van der Waals surface area contributed by atoms with Crippen LogP contribution in [0.1, 0.15) is 67.0 Å². The van der Waals surface area contributed by atoms with Gasteiger partial charge in [-0.1, -0.05) is 68.4 Å². The van der Waals surface area contributed by atoms with E-state index in [2.05, 4.69) is 62.9 Å². The molecule has 4 N–H and O–H groups in total. The molecule has 0 unspecified atom stereocenters. The number of rotatable bonds is 15. The summed E-state index contributed by atoms with van der Waals surface area (Å²) in [5.41, 5.74) is 2.65. The van der Waals surface area contributed by atoms with Crippen molar-refractivity contribution in [3.05, 3.63) is 102 Å². The second-order valence-corrected chi connectivity index (χ2v) is 10.3. The van der Waals surface area contributed by atoms with Gasteiger partial charge >= 0.3 is 0 Å². The molecule has 0 spiro atoms. The molecule has 1 aromatic heterocycles. The highest BCUT2D eigenvalue weighted by molar-refractivity contribution is 5.97. The number of aromatic amines is 1. The SMILES string of the molecule is CCN(CC)CCC[C@H](NC(=O)c1ccc(CNCc2ncc[nH]2)cc1)C(=O)N[C@@H](C)c1cccc2ccccc12. The Hall–Kier alpha value is -4.01. The molecule has 216 valence electrons. The summed E-state index contributed by atoms with van der Waals surface area (Å²) >= 11 is 0. The second-order valence-electron chi connectivity index (χ2n) is 10.3. The number of carbonyl (C=O) groups is 2. The van der Waals surface area contributed by atoms with Gasteiger partial charge in [0.05, 0.1) is 12.6 Å². The van der Waals surface area contributed by atoms with E-state index < -0.39 is 6.04 Å². The van der Waals surface area contributed by atoms with Crippen molar-refractivity contribution in [2.75, 3.05) is 19.6 Å². The predicted molar refractivity (Wildman–Crippen MR) is 164 cm³/mol. The molecule has 41 heavy (non-hydrogen) atoms. The van der Waals surface area contributed by atoms with Gasteiger partial charge in [-0.3, -0.25) is 9.59 Å². The van der Waals surface area contributed by atoms with Gasteiger partial charge in [-0.05, 0) is 73.4 Å². The van der Waals surface area contributed by atoms with Crippen LogP contribution in [0.3, 0.4) is 0 Å². The normalized spacial score (nSPS) is 12.8. The van der Waals surface area contributed by atoms with Crippen LogP contribution in [0.5, 0.6) is 0 Å². The highest BCUT2D eigenvalue weighted by atomic mass is 16.2. The second kappa shape index (κ2) is 15.1. The summed E-state index contributed by atoms with van der Waals surface area (Å²) < 4.78 is 0. The highest BCUT2D eigenvalue weighted by Crippen LogP contribution is 2.24. The first-order chi connectivity index (χ1) is 20.0. The first kappa shape index (κ1) is 30.0. The molecular weight excluding hydrogens is 512 g/mol. The van der Waals surface area contributed by atoms with E-state index in [9.17, 15) is 9.59 Å². The zero-order valence-electron chi connectivity index (χ0n) is 24.3. The van der Waals surface area contributed by atoms with E-state index in [1.807, 2.05) is 55.5 Å². The summed E-state index contributed by atoms with van der Waals surface area (Å²) in [6.07, 6.45) is 4.89. The molecule has 0 fully saturated rings. The number of H-pyrrole nitrogens is 1. The van der Waals surface area contributed by atoms with Crippen LogP contribution in [0.4, 0.5) is 0 Å². The third kappa shape index (κ3) is 8.49. The van der Waals surface area contributed by atoms with Crippen molar-refractivity contribution in [1.29, 1.82) is 0 Å². The maximum absolute atomic E-state index is 13.6. The smallest absolute Gasteiger partial charge is 0.251 e. The molecule has 8 heteroatoms. The Morgan fingerprint density at radius 3 is 2.41 bits per heavy atom. The van der Waals surface area contributed by atoms with Crippen molar-refractivity contribution in [3.8, 4) is 0 Å². The predicted octanol–water partition coefficient (Wildman–Crippen LogP) is 4.95. The van der Waals surface area contributed by atoms with E-state index >= 15 is 0 Å². The van der Waals surface area contributed by atoms with Crippen LogP contribution in [0.15, 0.2) is 79.1 Å². The van der Waals surface area contributed by atoms with Crippen molar-refractivity contribution in [1.82, 2.24) is 30.8 Å². The number of fused-ring (bicyclic) bond motifs is 1. The molecule has 0 saturated carbocycles. The van der Waals surface area contributed by atoms with Crippen LogP contribution in [0, 0.1) is 0 Å². The van der Waals surface area contributed by atoms with Crippen molar-refractivity contribution in [2.24, 2.45) is 0 Å².